The molecule has 5 N–H and O–H groups in total. The predicted octanol–water partition coefficient (Wildman–Crippen LogP) is 8.53. The van der Waals surface area contributed by atoms with E-state index >= 15 is 4.79 Å². The Morgan fingerprint density at radius 2 is 1.28 bits per heavy atom. The first-order valence-electron chi connectivity index (χ1n) is 30.6. The van der Waals surface area contributed by atoms with E-state index in [1.807, 2.05) is 93.6 Å². The Balaban J connectivity index is 1.49. The minimum atomic E-state index is -1.36. The summed E-state index contributed by atoms with van der Waals surface area (Å²) in [7, 11) is 4.12. The summed E-state index contributed by atoms with van der Waals surface area (Å²) in [6, 6.07) is 8.03. The van der Waals surface area contributed by atoms with Gasteiger partial charge < -0.3 is 45.7 Å². The molecule has 0 radical (unpaired) electrons. The number of nitrogens with zero attached hydrogens (tertiary/aromatic N) is 3. The maximum Gasteiger partial charge on any atom is 0.410 e. The van der Waals surface area contributed by atoms with Crippen molar-refractivity contribution in [2.75, 3.05) is 33.5 Å². The number of thioether (sulfide) groups is 1. The number of nitrogens with one attached hydrogen (secondary N) is 5. The molecule has 1 aliphatic heterocycles. The zero-order valence-electron chi connectivity index (χ0n) is 54.8. The quantitative estimate of drug-likeness (QED) is 0.0617. The number of likely N-dealkylation sites (tertiary alicyclic amines) is 1. The predicted molar refractivity (Wildman–Crippen MR) is 342 cm³/mol. The Morgan fingerprint density at radius 3 is 1.86 bits per heavy atom. The van der Waals surface area contributed by atoms with Crippen molar-refractivity contribution in [2.45, 2.75) is 218 Å². The summed E-state index contributed by atoms with van der Waals surface area (Å²) in [5, 5.41) is 15.2. The molecule has 20 nitrogen and oxygen atoms in total. The highest BCUT2D eigenvalue weighted by molar-refractivity contribution is 8.01. The van der Waals surface area contributed by atoms with Crippen LogP contribution in [-0.2, 0) is 60.6 Å². The summed E-state index contributed by atoms with van der Waals surface area (Å²) in [5.74, 6) is -4.34. The van der Waals surface area contributed by atoms with Crippen LogP contribution in [0.1, 0.15) is 169 Å². The van der Waals surface area contributed by atoms with Crippen LogP contribution < -0.4 is 26.6 Å². The van der Waals surface area contributed by atoms with Gasteiger partial charge in [-0.2, -0.15) is 0 Å². The third kappa shape index (κ3) is 20.7. The molecule has 484 valence electrons. The van der Waals surface area contributed by atoms with Crippen LogP contribution >= 0.6 is 11.8 Å². The van der Waals surface area contributed by atoms with E-state index in [1.54, 1.807) is 67.2 Å². The summed E-state index contributed by atoms with van der Waals surface area (Å²) in [6.07, 6.45) is 11.8. The van der Waals surface area contributed by atoms with Crippen LogP contribution in [-0.4, -0.2) is 160 Å². The lowest BCUT2D eigenvalue weighted by Crippen LogP contribution is -2.62. The molecule has 88 heavy (non-hydrogen) atoms. The number of hydrogen-bond acceptors (Lipinski definition) is 13. The Labute approximate surface area is 525 Å². The SMILES string of the molecule is C=C1/C=C\C=C/C[C@H](NC(=O)[C@@H]2C[C@H](c3ccc(C[C@H](NC(=O)[C@@H](NC(=O)[C@H](C)N(C)C(=O)OC(C)(C)C)C(C)(C)SCC(=O)OC)C(=O)N[C@@H]4CCCc5ccccc54)cc3)CN2C(=O)C(NC(=O)[C@H](C)N(C)C(=O)OC(C)(C)C)C(C)(C)C)CCC1. The molecular formula is C67H98N8O12S. The molecule has 0 spiro atoms. The second-order valence-electron chi connectivity index (χ2n) is 27.1. The lowest BCUT2D eigenvalue weighted by atomic mass is 9.85. The molecule has 1 fully saturated rings. The normalized spacial score (nSPS) is 20.6. The third-order valence-corrected chi connectivity index (χ3v) is 17.6. The van der Waals surface area contributed by atoms with Gasteiger partial charge in [0.1, 0.15) is 47.5 Å². The van der Waals surface area contributed by atoms with E-state index in [-0.39, 0.29) is 49.0 Å². The number of benzene rings is 2. The van der Waals surface area contributed by atoms with Crippen LogP contribution in [0.3, 0.4) is 0 Å². The number of fused-ring (bicyclic) bond motifs is 1. The van der Waals surface area contributed by atoms with Crippen LogP contribution in [0.4, 0.5) is 9.59 Å². The number of aryl methyl sites for hydroxylation is 1. The van der Waals surface area contributed by atoms with Crippen molar-refractivity contribution >= 4 is 65.4 Å². The van der Waals surface area contributed by atoms with Crippen LogP contribution in [0.15, 0.2) is 85.0 Å². The van der Waals surface area contributed by atoms with Crippen molar-refractivity contribution in [3.8, 4) is 0 Å². The Kier molecular flexibility index (Phi) is 25.1. The molecule has 8 amide bonds. The van der Waals surface area contributed by atoms with Crippen LogP contribution in [0.2, 0.25) is 0 Å². The molecule has 21 heteroatoms. The summed E-state index contributed by atoms with van der Waals surface area (Å²) >= 11 is 1.07. The number of esters is 1. The number of methoxy groups -OCH3 is 1. The molecule has 0 bridgehead atoms. The Bertz CT molecular complexity index is 2900. The van der Waals surface area contributed by atoms with Crippen LogP contribution in [0, 0.1) is 5.41 Å². The van der Waals surface area contributed by atoms with Gasteiger partial charge in [0.15, 0.2) is 0 Å². The fourth-order valence-corrected chi connectivity index (χ4v) is 11.6. The Hall–Kier alpha value is -7.16. The number of likely N-dealkylation sites (N-methyl/N-ethyl adjacent to an activating group) is 2. The number of ether oxygens (including phenoxy) is 3. The molecule has 0 saturated carbocycles. The van der Waals surface area contributed by atoms with Crippen molar-refractivity contribution in [3.63, 3.8) is 0 Å². The highest BCUT2D eigenvalue weighted by Crippen LogP contribution is 2.36. The average Bonchev–Trinajstić information content (AvgIpc) is 3.62. The zero-order valence-corrected chi connectivity index (χ0v) is 55.6. The zero-order chi connectivity index (χ0) is 65.6. The van der Waals surface area contributed by atoms with Crippen molar-refractivity contribution in [1.82, 2.24) is 41.3 Å². The maximum absolute atomic E-state index is 15.2. The Morgan fingerprint density at radius 1 is 0.705 bits per heavy atom. The van der Waals surface area contributed by atoms with Gasteiger partial charge in [0.2, 0.25) is 35.4 Å². The van der Waals surface area contributed by atoms with E-state index < -0.39 is 105 Å². The highest BCUT2D eigenvalue weighted by Gasteiger charge is 2.47. The van der Waals surface area contributed by atoms with Crippen LogP contribution in [0.5, 0.6) is 0 Å². The first kappa shape index (κ1) is 71.6. The monoisotopic (exact) mass is 1240 g/mol. The first-order chi connectivity index (χ1) is 41.0. The molecule has 0 aromatic heterocycles. The van der Waals surface area contributed by atoms with Crippen molar-refractivity contribution in [3.05, 3.63) is 107 Å². The highest BCUT2D eigenvalue weighted by atomic mass is 32.2. The third-order valence-electron chi connectivity index (χ3n) is 16.2. The summed E-state index contributed by atoms with van der Waals surface area (Å²) < 4.78 is 14.8. The summed E-state index contributed by atoms with van der Waals surface area (Å²) in [4.78, 5) is 131. The standard InChI is InChI=1S/C67H98N8O12S/c1-41-25-19-18-20-29-48(30-23-26-41)68-59(80)52-38-47(39-75(52)61(82)55(64(4,5)6)72-57(78)43(3)74(16)63(84)87-66(10,11)12)45-35-33-44(34-36-45)37-51(58(79)69-50-32-24-28-46-27-21-22-31-49(46)50)70-60(81)54(67(13,14)88-40-53(76)85-17)71-56(77)42(2)73(15)62(83)86-65(7,8)9/h18-22,25,27,31,33-36,42-43,47-48,50-52,54-55H,1,23-24,26,28-30,32,37-40H2,2-17H3,(H,68,80)(H,69,79)(H,70,81)(H,71,77)(H,72,78)/b20-18-,25-19-/t42-,43-,47-,48-,50+,51-,52-,54+,55?/m0/s1. The fraction of sp³-hybridized carbons (Fsp3) is 0.597. The van der Waals surface area contributed by atoms with E-state index in [0.717, 1.165) is 64.6 Å². The van der Waals surface area contributed by atoms with Crippen LogP contribution in [0.25, 0.3) is 0 Å². The molecule has 2 aromatic carbocycles. The maximum atomic E-state index is 15.2. The number of rotatable bonds is 20. The second kappa shape index (κ2) is 30.8. The average molecular weight is 1240 g/mol. The van der Waals surface area contributed by atoms with Gasteiger partial charge in [0.05, 0.1) is 18.9 Å². The smallest absolute Gasteiger partial charge is 0.410 e. The number of allylic oxidation sites excluding steroid dienone is 4. The van der Waals surface area contributed by atoms with Crippen molar-refractivity contribution < 1.29 is 57.4 Å². The largest absolute Gasteiger partial charge is 0.468 e. The summed E-state index contributed by atoms with van der Waals surface area (Å²) in [6.45, 7) is 26.5. The van der Waals surface area contributed by atoms with E-state index in [1.165, 1.54) is 33.0 Å². The molecule has 9 atom stereocenters. The van der Waals surface area contributed by atoms with E-state index in [2.05, 4.69) is 33.2 Å². The molecule has 3 aliphatic rings. The van der Waals surface area contributed by atoms with Gasteiger partial charge in [0.25, 0.3) is 0 Å². The first-order valence-corrected chi connectivity index (χ1v) is 31.6. The molecular weight excluding hydrogens is 1140 g/mol. The van der Waals surface area contributed by atoms with E-state index in [9.17, 15) is 38.4 Å². The number of carbonyl (C=O) groups excluding carboxylic acids is 9. The fourth-order valence-electron chi connectivity index (χ4n) is 10.7. The molecule has 2 aromatic rings. The van der Waals surface area contributed by atoms with Gasteiger partial charge in [0, 0.05) is 43.8 Å². The van der Waals surface area contributed by atoms with Gasteiger partial charge in [-0.25, -0.2) is 9.59 Å². The second-order valence-corrected chi connectivity index (χ2v) is 28.8. The lowest BCUT2D eigenvalue weighted by molar-refractivity contribution is -0.144. The van der Waals surface area contributed by atoms with Gasteiger partial charge in [-0.1, -0.05) is 106 Å². The van der Waals surface area contributed by atoms with Crippen molar-refractivity contribution in [2.24, 2.45) is 5.41 Å². The molecule has 1 heterocycles. The van der Waals surface area contributed by atoms with Gasteiger partial charge in [-0.05, 0) is 148 Å². The van der Waals surface area contributed by atoms with E-state index in [0.29, 0.717) is 24.8 Å². The minimum Gasteiger partial charge on any atom is -0.468 e. The number of hydrogen-bond donors (Lipinski definition) is 5. The molecule has 1 saturated heterocycles. The van der Waals surface area contributed by atoms with Gasteiger partial charge in [-0.3, -0.25) is 43.4 Å². The molecule has 5 rings (SSSR count). The van der Waals surface area contributed by atoms with E-state index in [4.69, 9.17) is 14.2 Å². The van der Waals surface area contributed by atoms with Crippen molar-refractivity contribution in [1.29, 1.82) is 0 Å². The number of amides is 8. The molecule has 1 unspecified atom stereocenters. The topological polar surface area (TPSA) is 251 Å². The minimum absolute atomic E-state index is 0.00577. The number of carbonyl (C=O) groups is 9. The summed E-state index contributed by atoms with van der Waals surface area (Å²) in [5.41, 5.74) is 2.01. The van der Waals surface area contributed by atoms with Gasteiger partial charge >= 0.3 is 18.2 Å². The van der Waals surface area contributed by atoms with Gasteiger partial charge in [-0.15, -0.1) is 11.8 Å². The molecule has 2 aliphatic carbocycles. The lowest BCUT2D eigenvalue weighted by Gasteiger charge is -2.37.